The number of nitrogens with zero attached hydrogens (tertiary/aromatic N) is 2. The summed E-state index contributed by atoms with van der Waals surface area (Å²) in [5, 5.41) is 12.0. The van der Waals surface area contributed by atoms with Gasteiger partial charge in [-0.1, -0.05) is 6.07 Å². The van der Waals surface area contributed by atoms with Gasteiger partial charge in [0, 0.05) is 21.6 Å². The van der Waals surface area contributed by atoms with Crippen LogP contribution in [0.5, 0.6) is 0 Å². The number of hydrogen-bond acceptors (Lipinski definition) is 3. The van der Waals surface area contributed by atoms with Crippen molar-refractivity contribution in [3.63, 3.8) is 0 Å². The Labute approximate surface area is 118 Å². The fourth-order valence-corrected chi connectivity index (χ4v) is 3.70. The van der Waals surface area contributed by atoms with Gasteiger partial charge < -0.3 is 5.32 Å². The Morgan fingerprint density at radius 3 is 2.94 bits per heavy atom. The summed E-state index contributed by atoms with van der Waals surface area (Å²) in [6.07, 6.45) is 3.90. The Bertz CT molecular complexity index is 673. The minimum atomic E-state index is 0.158. The van der Waals surface area contributed by atoms with Crippen molar-refractivity contribution in [1.82, 2.24) is 14.9 Å². The van der Waals surface area contributed by atoms with Gasteiger partial charge in [-0.05, 0) is 46.1 Å². The van der Waals surface area contributed by atoms with Crippen molar-refractivity contribution >= 4 is 32.8 Å². The third kappa shape index (κ3) is 1.88. The lowest BCUT2D eigenvalue weighted by atomic mass is 10.0. The number of rotatable bonds is 3. The topological polar surface area (TPSA) is 29.3 Å². The standard InChI is InChI=1S/C13H12BrN3S/c1-15-13(10-7-18-8-11(10)14)9-6-16-17-5-3-2-4-12(9)17/h2-8,13,15H,1H3. The molecule has 0 bridgehead atoms. The molecule has 18 heavy (non-hydrogen) atoms. The number of fused-ring (bicyclic) bond motifs is 1. The largest absolute Gasteiger partial charge is 0.309 e. The second-order valence-corrected chi connectivity index (χ2v) is 5.63. The molecule has 3 aromatic heterocycles. The summed E-state index contributed by atoms with van der Waals surface area (Å²) in [7, 11) is 1.97. The molecule has 0 aromatic carbocycles. The molecular formula is C13H12BrN3S. The molecule has 3 rings (SSSR count). The first-order valence-corrected chi connectivity index (χ1v) is 7.36. The third-order valence-corrected chi connectivity index (χ3v) is 4.76. The van der Waals surface area contributed by atoms with Crippen LogP contribution in [0.25, 0.3) is 5.52 Å². The molecule has 0 saturated heterocycles. The highest BCUT2D eigenvalue weighted by atomic mass is 79.9. The molecule has 5 heteroatoms. The fraction of sp³-hybridized carbons (Fsp3) is 0.154. The van der Waals surface area contributed by atoms with Crippen molar-refractivity contribution < 1.29 is 0 Å². The van der Waals surface area contributed by atoms with E-state index in [4.69, 9.17) is 0 Å². The van der Waals surface area contributed by atoms with Crippen LogP contribution in [-0.4, -0.2) is 16.7 Å². The average Bonchev–Trinajstić information content (AvgIpc) is 2.99. The van der Waals surface area contributed by atoms with Gasteiger partial charge in [0.15, 0.2) is 0 Å². The molecule has 0 spiro atoms. The van der Waals surface area contributed by atoms with Gasteiger partial charge in [-0.15, -0.1) is 0 Å². The van der Waals surface area contributed by atoms with Crippen LogP contribution in [0.1, 0.15) is 17.2 Å². The predicted molar refractivity (Wildman–Crippen MR) is 78.1 cm³/mol. The molecule has 0 fully saturated rings. The van der Waals surface area contributed by atoms with Crippen molar-refractivity contribution in [3.8, 4) is 0 Å². The van der Waals surface area contributed by atoms with Crippen LogP contribution in [0, 0.1) is 0 Å². The zero-order valence-electron chi connectivity index (χ0n) is 9.80. The number of nitrogens with one attached hydrogen (secondary N) is 1. The molecule has 3 aromatic rings. The molecule has 0 saturated carbocycles. The van der Waals surface area contributed by atoms with Crippen molar-refractivity contribution in [2.24, 2.45) is 0 Å². The summed E-state index contributed by atoms with van der Waals surface area (Å²) in [5.74, 6) is 0. The molecule has 1 N–H and O–H groups in total. The molecule has 0 aliphatic heterocycles. The molecule has 3 nitrogen and oxygen atoms in total. The van der Waals surface area contributed by atoms with Crippen molar-refractivity contribution in [1.29, 1.82) is 0 Å². The summed E-state index contributed by atoms with van der Waals surface area (Å²) in [6.45, 7) is 0. The average molecular weight is 322 g/mol. The molecule has 92 valence electrons. The zero-order valence-corrected chi connectivity index (χ0v) is 12.2. The first-order chi connectivity index (χ1) is 8.81. The highest BCUT2D eigenvalue weighted by molar-refractivity contribution is 9.10. The number of halogens is 1. The summed E-state index contributed by atoms with van der Waals surface area (Å²) >= 11 is 5.30. The van der Waals surface area contributed by atoms with Crippen LogP contribution < -0.4 is 5.32 Å². The maximum atomic E-state index is 4.39. The van der Waals surface area contributed by atoms with Gasteiger partial charge in [0.05, 0.1) is 17.8 Å². The second-order valence-electron chi connectivity index (χ2n) is 4.03. The lowest BCUT2D eigenvalue weighted by molar-refractivity contribution is 0.696. The van der Waals surface area contributed by atoms with Crippen molar-refractivity contribution in [2.75, 3.05) is 7.05 Å². The van der Waals surface area contributed by atoms with Gasteiger partial charge in [-0.25, -0.2) is 4.52 Å². The highest BCUT2D eigenvalue weighted by Crippen LogP contribution is 2.32. The molecule has 0 radical (unpaired) electrons. The van der Waals surface area contributed by atoms with Crippen molar-refractivity contribution in [2.45, 2.75) is 6.04 Å². The summed E-state index contributed by atoms with van der Waals surface area (Å²) in [4.78, 5) is 0. The quantitative estimate of drug-likeness (QED) is 0.800. The monoisotopic (exact) mass is 321 g/mol. The van der Waals surface area contributed by atoms with E-state index in [-0.39, 0.29) is 6.04 Å². The van der Waals surface area contributed by atoms with E-state index in [2.05, 4.69) is 43.2 Å². The van der Waals surface area contributed by atoms with Gasteiger partial charge in [0.2, 0.25) is 0 Å². The van der Waals surface area contributed by atoms with Crippen LogP contribution in [0.2, 0.25) is 0 Å². The van der Waals surface area contributed by atoms with E-state index in [1.165, 1.54) is 11.1 Å². The first kappa shape index (κ1) is 11.9. The number of pyridine rings is 1. The van der Waals surface area contributed by atoms with E-state index in [1.807, 2.05) is 36.1 Å². The van der Waals surface area contributed by atoms with E-state index in [0.717, 1.165) is 9.99 Å². The maximum absolute atomic E-state index is 4.39. The Balaban J connectivity index is 2.15. The van der Waals surface area contributed by atoms with E-state index in [1.54, 1.807) is 11.3 Å². The van der Waals surface area contributed by atoms with Crippen molar-refractivity contribution in [3.05, 3.63) is 57.0 Å². The Hall–Kier alpha value is -1.17. The van der Waals surface area contributed by atoms with Gasteiger partial charge in [-0.2, -0.15) is 16.4 Å². The molecular weight excluding hydrogens is 310 g/mol. The SMILES string of the molecule is CNC(c1cscc1Br)c1cnn2ccccc12. The minimum absolute atomic E-state index is 0.158. The van der Waals surface area contributed by atoms with E-state index < -0.39 is 0 Å². The first-order valence-electron chi connectivity index (χ1n) is 5.62. The highest BCUT2D eigenvalue weighted by Gasteiger charge is 2.19. The van der Waals surface area contributed by atoms with E-state index >= 15 is 0 Å². The Morgan fingerprint density at radius 2 is 2.22 bits per heavy atom. The Kier molecular flexibility index (Phi) is 3.20. The van der Waals surface area contributed by atoms with Gasteiger partial charge in [0.1, 0.15) is 0 Å². The minimum Gasteiger partial charge on any atom is -0.309 e. The molecule has 0 aliphatic rings. The maximum Gasteiger partial charge on any atom is 0.0712 e. The lowest BCUT2D eigenvalue weighted by Crippen LogP contribution is -2.17. The molecule has 1 unspecified atom stereocenters. The van der Waals surface area contributed by atoms with Crippen LogP contribution >= 0.6 is 27.3 Å². The number of aromatic nitrogens is 2. The molecule has 0 aliphatic carbocycles. The number of hydrogen-bond donors (Lipinski definition) is 1. The second kappa shape index (κ2) is 4.84. The van der Waals surface area contributed by atoms with Crippen LogP contribution in [0.4, 0.5) is 0 Å². The van der Waals surface area contributed by atoms with Crippen LogP contribution in [0.15, 0.2) is 45.8 Å². The molecule has 1 atom stereocenters. The summed E-state index contributed by atoms with van der Waals surface area (Å²) < 4.78 is 3.04. The lowest BCUT2D eigenvalue weighted by Gasteiger charge is -2.14. The van der Waals surface area contributed by atoms with E-state index in [0.29, 0.717) is 0 Å². The van der Waals surface area contributed by atoms with Gasteiger partial charge in [0.25, 0.3) is 0 Å². The normalized spacial score (nSPS) is 13.0. The summed E-state index contributed by atoms with van der Waals surface area (Å²) in [5.41, 5.74) is 3.58. The van der Waals surface area contributed by atoms with Crippen LogP contribution in [-0.2, 0) is 0 Å². The number of thiophene rings is 1. The smallest absolute Gasteiger partial charge is 0.0712 e. The summed E-state index contributed by atoms with van der Waals surface area (Å²) in [6, 6.07) is 6.27. The van der Waals surface area contributed by atoms with E-state index in [9.17, 15) is 0 Å². The zero-order chi connectivity index (χ0) is 12.5. The predicted octanol–water partition coefficient (Wildman–Crippen LogP) is 3.47. The Morgan fingerprint density at radius 1 is 1.33 bits per heavy atom. The molecule has 0 amide bonds. The third-order valence-electron chi connectivity index (χ3n) is 3.01. The molecule has 3 heterocycles. The fourth-order valence-electron chi connectivity index (χ4n) is 2.15. The van der Waals surface area contributed by atoms with Crippen LogP contribution in [0.3, 0.4) is 0 Å². The van der Waals surface area contributed by atoms with Gasteiger partial charge >= 0.3 is 0 Å². The van der Waals surface area contributed by atoms with Gasteiger partial charge in [-0.3, -0.25) is 0 Å².